The van der Waals surface area contributed by atoms with Gasteiger partial charge in [0.2, 0.25) is 5.91 Å². The molecule has 0 radical (unpaired) electrons. The Labute approximate surface area is 130 Å². The number of carbonyl (C=O) groups excluding carboxylic acids is 1. The van der Waals surface area contributed by atoms with Crippen molar-refractivity contribution in [3.8, 4) is 0 Å². The van der Waals surface area contributed by atoms with Crippen molar-refractivity contribution < 1.29 is 14.8 Å². The second kappa shape index (κ2) is 8.51. The van der Waals surface area contributed by atoms with Gasteiger partial charge in [0, 0.05) is 11.8 Å². The van der Waals surface area contributed by atoms with E-state index in [0.29, 0.717) is 18.4 Å². The van der Waals surface area contributed by atoms with Gasteiger partial charge in [0.1, 0.15) is 0 Å². The van der Waals surface area contributed by atoms with Crippen LogP contribution in [0.4, 0.5) is 5.69 Å². The minimum Gasteiger partial charge on any atom is -0.427 e. The third kappa shape index (κ3) is 5.46. The fourth-order valence-corrected chi connectivity index (χ4v) is 2.33. The molecule has 0 aliphatic heterocycles. The van der Waals surface area contributed by atoms with Crippen LogP contribution in [0.2, 0.25) is 6.32 Å². The van der Waals surface area contributed by atoms with Crippen LogP contribution in [0.1, 0.15) is 32.1 Å². The maximum atomic E-state index is 11.9. The van der Waals surface area contributed by atoms with E-state index in [1.807, 2.05) is 30.3 Å². The number of nitrogens with one attached hydrogen (secondary N) is 1. The first-order valence-corrected chi connectivity index (χ1v) is 7.66. The summed E-state index contributed by atoms with van der Waals surface area (Å²) in [5.41, 5.74) is 1.62. The average Bonchev–Trinajstić information content (AvgIpc) is 2.50. The molecule has 0 fully saturated rings. The Morgan fingerprint density at radius 1 is 1.14 bits per heavy atom. The summed E-state index contributed by atoms with van der Waals surface area (Å²) in [6.07, 6.45) is 5.92. The highest BCUT2D eigenvalue weighted by Gasteiger charge is 2.06. The van der Waals surface area contributed by atoms with Crippen molar-refractivity contribution in [3.05, 3.63) is 36.5 Å². The molecule has 0 unspecified atom stereocenters. The number of benzene rings is 1. The van der Waals surface area contributed by atoms with E-state index in [1.165, 1.54) is 0 Å². The van der Waals surface area contributed by atoms with E-state index >= 15 is 0 Å². The summed E-state index contributed by atoms with van der Waals surface area (Å²) in [6, 6.07) is 9.70. The molecule has 1 aromatic heterocycles. The zero-order valence-electron chi connectivity index (χ0n) is 12.5. The number of hydrogen-bond donors (Lipinski definition) is 3. The Kier molecular flexibility index (Phi) is 6.36. The lowest BCUT2D eigenvalue weighted by atomic mass is 9.83. The minimum atomic E-state index is -1.22. The van der Waals surface area contributed by atoms with Crippen molar-refractivity contribution in [2.75, 3.05) is 5.32 Å². The van der Waals surface area contributed by atoms with Gasteiger partial charge in [-0.3, -0.25) is 9.78 Å². The molecular formula is C16H21BN2O3. The van der Waals surface area contributed by atoms with Gasteiger partial charge in [-0.2, -0.15) is 0 Å². The standard InChI is InChI=1S/C16H21BN2O3/c20-16(9-3-1-2-6-10-17(21)22)19-14-11-13-7-4-5-8-15(13)18-12-14/h4-5,7-8,11-12,21-22H,1-3,6,9-10H2,(H,19,20). The summed E-state index contributed by atoms with van der Waals surface area (Å²) in [6.45, 7) is 0. The smallest absolute Gasteiger partial charge is 0.427 e. The highest BCUT2D eigenvalue weighted by atomic mass is 16.4. The summed E-state index contributed by atoms with van der Waals surface area (Å²) in [7, 11) is -1.22. The Balaban J connectivity index is 1.72. The van der Waals surface area contributed by atoms with Gasteiger partial charge in [0.05, 0.1) is 17.4 Å². The van der Waals surface area contributed by atoms with E-state index in [4.69, 9.17) is 10.0 Å². The molecule has 0 saturated carbocycles. The van der Waals surface area contributed by atoms with Gasteiger partial charge in [-0.05, 0) is 24.9 Å². The molecule has 2 aromatic rings. The largest absolute Gasteiger partial charge is 0.451 e. The zero-order chi connectivity index (χ0) is 15.8. The highest BCUT2D eigenvalue weighted by molar-refractivity contribution is 6.40. The molecule has 0 saturated heterocycles. The van der Waals surface area contributed by atoms with Crippen LogP contribution in [0.3, 0.4) is 0 Å². The molecule has 22 heavy (non-hydrogen) atoms. The second-order valence-corrected chi connectivity index (χ2v) is 5.40. The van der Waals surface area contributed by atoms with Gasteiger partial charge in [-0.1, -0.05) is 37.5 Å². The van der Waals surface area contributed by atoms with Crippen molar-refractivity contribution in [2.24, 2.45) is 0 Å². The molecule has 1 aromatic carbocycles. The second-order valence-electron chi connectivity index (χ2n) is 5.40. The third-order valence-electron chi connectivity index (χ3n) is 3.49. The fraction of sp³-hybridized carbons (Fsp3) is 0.375. The lowest BCUT2D eigenvalue weighted by molar-refractivity contribution is -0.116. The number of anilines is 1. The van der Waals surface area contributed by atoms with Gasteiger partial charge in [0.25, 0.3) is 0 Å². The van der Waals surface area contributed by atoms with Crippen molar-refractivity contribution in [2.45, 2.75) is 38.4 Å². The fourth-order valence-electron chi connectivity index (χ4n) is 2.33. The van der Waals surface area contributed by atoms with Crippen molar-refractivity contribution in [1.82, 2.24) is 4.98 Å². The van der Waals surface area contributed by atoms with Crippen LogP contribution in [0.5, 0.6) is 0 Å². The first-order valence-electron chi connectivity index (χ1n) is 7.66. The van der Waals surface area contributed by atoms with Gasteiger partial charge >= 0.3 is 7.12 Å². The lowest BCUT2D eigenvalue weighted by Gasteiger charge is -2.06. The molecule has 6 heteroatoms. The summed E-state index contributed by atoms with van der Waals surface area (Å²) >= 11 is 0. The van der Waals surface area contributed by atoms with E-state index in [9.17, 15) is 4.79 Å². The molecule has 1 amide bonds. The first kappa shape index (κ1) is 16.5. The monoisotopic (exact) mass is 300 g/mol. The lowest BCUT2D eigenvalue weighted by Crippen LogP contribution is -2.11. The summed E-state index contributed by atoms with van der Waals surface area (Å²) in [5.74, 6) is -0.0146. The molecule has 116 valence electrons. The van der Waals surface area contributed by atoms with Crippen LogP contribution >= 0.6 is 0 Å². The normalized spacial score (nSPS) is 10.6. The maximum absolute atomic E-state index is 11.9. The molecule has 3 N–H and O–H groups in total. The Morgan fingerprint density at radius 2 is 1.91 bits per heavy atom. The predicted molar refractivity (Wildman–Crippen MR) is 88.5 cm³/mol. The molecule has 0 bridgehead atoms. The number of rotatable bonds is 8. The number of pyridine rings is 1. The maximum Gasteiger partial charge on any atom is 0.451 e. The summed E-state index contributed by atoms with van der Waals surface area (Å²) in [4.78, 5) is 16.2. The number of fused-ring (bicyclic) bond motifs is 1. The van der Waals surface area contributed by atoms with Crippen molar-refractivity contribution in [3.63, 3.8) is 0 Å². The number of carbonyl (C=O) groups is 1. The topological polar surface area (TPSA) is 82.5 Å². The Morgan fingerprint density at radius 3 is 2.73 bits per heavy atom. The van der Waals surface area contributed by atoms with Crippen LogP contribution in [0, 0.1) is 0 Å². The van der Waals surface area contributed by atoms with E-state index < -0.39 is 7.12 Å². The van der Waals surface area contributed by atoms with Crippen LogP contribution in [0.25, 0.3) is 10.9 Å². The molecule has 2 rings (SSSR count). The first-order chi connectivity index (χ1) is 10.6. The van der Waals surface area contributed by atoms with Crippen molar-refractivity contribution in [1.29, 1.82) is 0 Å². The summed E-state index contributed by atoms with van der Waals surface area (Å²) < 4.78 is 0. The quantitative estimate of drug-likeness (QED) is 0.517. The van der Waals surface area contributed by atoms with Crippen LogP contribution in [-0.2, 0) is 4.79 Å². The Hall–Kier alpha value is -1.92. The molecule has 0 atom stereocenters. The van der Waals surface area contributed by atoms with Crippen LogP contribution < -0.4 is 5.32 Å². The number of aromatic nitrogens is 1. The van der Waals surface area contributed by atoms with E-state index in [-0.39, 0.29) is 5.91 Å². The molecular weight excluding hydrogens is 279 g/mol. The highest BCUT2D eigenvalue weighted by Crippen LogP contribution is 2.16. The number of amides is 1. The minimum absolute atomic E-state index is 0.0146. The van der Waals surface area contributed by atoms with Crippen molar-refractivity contribution >= 4 is 29.6 Å². The number of hydrogen-bond acceptors (Lipinski definition) is 4. The average molecular weight is 300 g/mol. The van der Waals surface area contributed by atoms with E-state index in [1.54, 1.807) is 6.20 Å². The van der Waals surface area contributed by atoms with Crippen LogP contribution in [0.15, 0.2) is 36.5 Å². The zero-order valence-corrected chi connectivity index (χ0v) is 12.5. The molecule has 0 spiro atoms. The predicted octanol–water partition coefficient (Wildman–Crippen LogP) is 2.60. The molecule has 5 nitrogen and oxygen atoms in total. The molecule has 0 aliphatic carbocycles. The van der Waals surface area contributed by atoms with Crippen LogP contribution in [-0.4, -0.2) is 28.1 Å². The molecule has 0 aliphatic rings. The summed E-state index contributed by atoms with van der Waals surface area (Å²) in [5, 5.41) is 21.3. The van der Waals surface area contributed by atoms with Gasteiger partial charge in [-0.15, -0.1) is 0 Å². The van der Waals surface area contributed by atoms with E-state index in [0.717, 1.165) is 36.6 Å². The number of para-hydroxylation sites is 1. The number of unbranched alkanes of at least 4 members (excludes halogenated alkanes) is 3. The third-order valence-corrected chi connectivity index (χ3v) is 3.49. The molecule has 1 heterocycles. The van der Waals surface area contributed by atoms with Gasteiger partial charge < -0.3 is 15.4 Å². The van der Waals surface area contributed by atoms with Gasteiger partial charge in [0.15, 0.2) is 0 Å². The SMILES string of the molecule is O=C(CCCCCCB(O)O)Nc1cnc2ccccc2c1. The number of nitrogens with zero attached hydrogens (tertiary/aromatic N) is 1. The Bertz CT molecular complexity index is 619. The van der Waals surface area contributed by atoms with Gasteiger partial charge in [-0.25, -0.2) is 0 Å². The van der Waals surface area contributed by atoms with E-state index in [2.05, 4.69) is 10.3 Å².